The van der Waals surface area contributed by atoms with Crippen LogP contribution < -0.4 is 0 Å². The summed E-state index contributed by atoms with van der Waals surface area (Å²) in [7, 11) is 0. The lowest BCUT2D eigenvalue weighted by Crippen LogP contribution is -2.29. The molecule has 1 amide bonds. The van der Waals surface area contributed by atoms with Crippen molar-refractivity contribution in [3.63, 3.8) is 0 Å². The van der Waals surface area contributed by atoms with E-state index in [4.69, 9.17) is 8.83 Å². The summed E-state index contributed by atoms with van der Waals surface area (Å²) in [5, 5.41) is 9.38. The second-order valence-electron chi connectivity index (χ2n) is 7.90. The second kappa shape index (κ2) is 7.40. The lowest BCUT2D eigenvalue weighted by Gasteiger charge is -2.15. The third kappa shape index (κ3) is 3.47. The Hall–Kier alpha value is -3.48. The van der Waals surface area contributed by atoms with E-state index in [1.54, 1.807) is 12.5 Å². The van der Waals surface area contributed by atoms with E-state index in [9.17, 15) is 4.79 Å². The number of hydrogen-bond acceptors (Lipinski definition) is 6. The fourth-order valence-electron chi connectivity index (χ4n) is 3.90. The monoisotopic (exact) mass is 402 g/mol. The topological polar surface area (TPSA) is 85.3 Å². The number of aryl methyl sites for hydroxylation is 2. The number of pyridine rings is 1. The van der Waals surface area contributed by atoms with Crippen molar-refractivity contribution in [1.82, 2.24) is 20.1 Å². The Bertz CT molecular complexity index is 1210. The van der Waals surface area contributed by atoms with E-state index >= 15 is 0 Å². The zero-order valence-electron chi connectivity index (χ0n) is 17.0. The molecule has 152 valence electrons. The van der Waals surface area contributed by atoms with Crippen LogP contribution in [0.4, 0.5) is 0 Å². The zero-order chi connectivity index (χ0) is 20.7. The van der Waals surface area contributed by atoms with Gasteiger partial charge in [0, 0.05) is 35.9 Å². The van der Waals surface area contributed by atoms with E-state index in [1.807, 2.05) is 49.1 Å². The Morgan fingerprint density at radius 3 is 2.93 bits per heavy atom. The summed E-state index contributed by atoms with van der Waals surface area (Å²) in [6.07, 6.45) is 4.56. The van der Waals surface area contributed by atoms with Crippen LogP contribution in [0.2, 0.25) is 0 Å². The van der Waals surface area contributed by atoms with Crippen LogP contribution in [0.1, 0.15) is 35.1 Å². The van der Waals surface area contributed by atoms with Crippen molar-refractivity contribution in [3.8, 4) is 11.5 Å². The van der Waals surface area contributed by atoms with Crippen LogP contribution in [0.5, 0.6) is 0 Å². The van der Waals surface area contributed by atoms with Crippen molar-refractivity contribution < 1.29 is 13.6 Å². The van der Waals surface area contributed by atoms with Gasteiger partial charge in [-0.05, 0) is 44.0 Å². The number of rotatable bonds is 4. The minimum absolute atomic E-state index is 0.0531. The standard InChI is InChI=1S/C23H22N4O3/c1-14-3-6-19-18(13-29-20(19)9-14)10-21(28)27-8-7-17(12-27)23-26-25-22(30-23)16-5-4-15(2)24-11-16/h3-6,9,11,13,17H,7-8,10,12H2,1-2H3/t17-/m0/s1. The molecule has 7 heteroatoms. The second-order valence-corrected chi connectivity index (χ2v) is 7.90. The highest BCUT2D eigenvalue weighted by Crippen LogP contribution is 2.30. The normalized spacial score (nSPS) is 16.5. The Balaban J connectivity index is 1.26. The van der Waals surface area contributed by atoms with Crippen molar-refractivity contribution in [3.05, 3.63) is 65.5 Å². The van der Waals surface area contributed by atoms with Crippen LogP contribution in [-0.2, 0) is 11.2 Å². The molecule has 5 rings (SSSR count). The fraction of sp³-hybridized carbons (Fsp3) is 0.304. The first-order valence-corrected chi connectivity index (χ1v) is 10.1. The quantitative estimate of drug-likeness (QED) is 0.512. The van der Waals surface area contributed by atoms with Crippen LogP contribution in [-0.4, -0.2) is 39.1 Å². The Kier molecular flexibility index (Phi) is 4.58. The molecule has 4 heterocycles. The number of amides is 1. The number of carbonyl (C=O) groups is 1. The first-order valence-electron chi connectivity index (χ1n) is 10.1. The maximum absolute atomic E-state index is 12.9. The highest BCUT2D eigenvalue weighted by molar-refractivity contribution is 5.88. The summed E-state index contributed by atoms with van der Waals surface area (Å²) in [5.74, 6) is 1.17. The van der Waals surface area contributed by atoms with E-state index in [0.717, 1.165) is 39.8 Å². The summed E-state index contributed by atoms with van der Waals surface area (Å²) in [5.41, 5.74) is 4.61. The van der Waals surface area contributed by atoms with Gasteiger partial charge < -0.3 is 13.7 Å². The van der Waals surface area contributed by atoms with E-state index in [0.29, 0.717) is 31.3 Å². The maximum Gasteiger partial charge on any atom is 0.249 e. The van der Waals surface area contributed by atoms with Crippen LogP contribution >= 0.6 is 0 Å². The highest BCUT2D eigenvalue weighted by atomic mass is 16.4. The molecule has 1 fully saturated rings. The summed E-state index contributed by atoms with van der Waals surface area (Å²) in [6.45, 7) is 5.22. The molecule has 0 unspecified atom stereocenters. The third-order valence-electron chi connectivity index (χ3n) is 5.64. The molecule has 1 aliphatic heterocycles. The lowest BCUT2D eigenvalue weighted by molar-refractivity contribution is -0.129. The smallest absolute Gasteiger partial charge is 0.249 e. The molecular weight excluding hydrogens is 380 g/mol. The minimum Gasteiger partial charge on any atom is -0.464 e. The van der Waals surface area contributed by atoms with Crippen LogP contribution in [0, 0.1) is 13.8 Å². The van der Waals surface area contributed by atoms with E-state index < -0.39 is 0 Å². The molecule has 0 N–H and O–H groups in total. The summed E-state index contributed by atoms with van der Waals surface area (Å²) < 4.78 is 11.5. The van der Waals surface area contributed by atoms with Gasteiger partial charge in [0.15, 0.2) is 0 Å². The van der Waals surface area contributed by atoms with E-state index in [1.165, 1.54) is 0 Å². The molecule has 1 aromatic carbocycles. The van der Waals surface area contributed by atoms with Gasteiger partial charge in [0.2, 0.25) is 17.7 Å². The predicted octanol–water partition coefficient (Wildman–Crippen LogP) is 4.05. The molecule has 0 saturated carbocycles. The third-order valence-corrected chi connectivity index (χ3v) is 5.64. The molecule has 1 atom stereocenters. The van der Waals surface area contributed by atoms with Crippen LogP contribution in [0.25, 0.3) is 22.4 Å². The maximum atomic E-state index is 12.9. The molecule has 0 spiro atoms. The van der Waals surface area contributed by atoms with Crippen molar-refractivity contribution in [1.29, 1.82) is 0 Å². The highest BCUT2D eigenvalue weighted by Gasteiger charge is 2.31. The average molecular weight is 402 g/mol. The average Bonchev–Trinajstić information content (AvgIpc) is 3.48. The molecule has 30 heavy (non-hydrogen) atoms. The summed E-state index contributed by atoms with van der Waals surface area (Å²) >= 11 is 0. The SMILES string of the molecule is Cc1ccc2c(CC(=O)N3CC[C@H](c4nnc(-c5ccc(C)nc5)o4)C3)coc2c1. The molecule has 1 aliphatic rings. The predicted molar refractivity (Wildman–Crippen MR) is 111 cm³/mol. The molecule has 7 nitrogen and oxygen atoms in total. The molecule has 1 saturated heterocycles. The van der Waals surface area contributed by atoms with Gasteiger partial charge in [-0.15, -0.1) is 10.2 Å². The summed E-state index contributed by atoms with van der Waals surface area (Å²) in [4.78, 5) is 19.0. The largest absolute Gasteiger partial charge is 0.464 e. The van der Waals surface area contributed by atoms with Gasteiger partial charge in [0.05, 0.1) is 24.2 Å². The number of aromatic nitrogens is 3. The van der Waals surface area contributed by atoms with E-state index in [-0.39, 0.29) is 11.8 Å². The molecule has 0 bridgehead atoms. The van der Waals surface area contributed by atoms with Crippen molar-refractivity contribution >= 4 is 16.9 Å². The molecule has 0 aliphatic carbocycles. The summed E-state index contributed by atoms with van der Waals surface area (Å²) in [6, 6.07) is 9.88. The molecule has 0 radical (unpaired) electrons. The van der Waals surface area contributed by atoms with Gasteiger partial charge in [-0.3, -0.25) is 9.78 Å². The van der Waals surface area contributed by atoms with Gasteiger partial charge in [0.25, 0.3) is 0 Å². The van der Waals surface area contributed by atoms with Crippen LogP contribution in [0.15, 0.2) is 51.6 Å². The number of fused-ring (bicyclic) bond motifs is 1. The molecule has 4 aromatic rings. The Labute approximate surface area is 173 Å². The lowest BCUT2D eigenvalue weighted by atomic mass is 10.1. The Morgan fingerprint density at radius 1 is 1.20 bits per heavy atom. The van der Waals surface area contributed by atoms with Crippen molar-refractivity contribution in [2.45, 2.75) is 32.6 Å². The number of hydrogen-bond donors (Lipinski definition) is 0. The van der Waals surface area contributed by atoms with Gasteiger partial charge >= 0.3 is 0 Å². The number of nitrogens with zero attached hydrogens (tertiary/aromatic N) is 4. The fourth-order valence-corrected chi connectivity index (χ4v) is 3.90. The molecular formula is C23H22N4O3. The van der Waals surface area contributed by atoms with Crippen molar-refractivity contribution in [2.24, 2.45) is 0 Å². The first-order chi connectivity index (χ1) is 14.6. The van der Waals surface area contributed by atoms with Gasteiger partial charge in [-0.1, -0.05) is 12.1 Å². The minimum atomic E-state index is 0.0531. The van der Waals surface area contributed by atoms with E-state index in [2.05, 4.69) is 15.2 Å². The van der Waals surface area contributed by atoms with Crippen LogP contribution in [0.3, 0.4) is 0 Å². The first kappa shape index (κ1) is 18.5. The number of benzene rings is 1. The number of likely N-dealkylation sites (tertiary alicyclic amines) is 1. The van der Waals surface area contributed by atoms with Gasteiger partial charge in [0.1, 0.15) is 5.58 Å². The van der Waals surface area contributed by atoms with Crippen molar-refractivity contribution in [2.75, 3.05) is 13.1 Å². The number of furan rings is 1. The zero-order valence-corrected chi connectivity index (χ0v) is 17.0. The van der Waals surface area contributed by atoms with Gasteiger partial charge in [-0.25, -0.2) is 0 Å². The number of carbonyl (C=O) groups excluding carboxylic acids is 1. The van der Waals surface area contributed by atoms with Gasteiger partial charge in [-0.2, -0.15) is 0 Å². The molecule has 3 aromatic heterocycles. The Morgan fingerprint density at radius 2 is 2.10 bits per heavy atom.